The number of anilines is 1. The minimum atomic E-state index is -4.19. The number of nitrogens with one attached hydrogen (secondary N) is 2. The summed E-state index contributed by atoms with van der Waals surface area (Å²) in [5.74, 6) is -1.40. The first-order chi connectivity index (χ1) is 12.3. The van der Waals surface area contributed by atoms with E-state index in [1.54, 1.807) is 12.1 Å². The van der Waals surface area contributed by atoms with Crippen LogP contribution in [0.5, 0.6) is 0 Å². The number of rotatable bonds is 5. The van der Waals surface area contributed by atoms with Gasteiger partial charge in [0.15, 0.2) is 0 Å². The SMILES string of the molecule is CCc1ccc(NC(=O)C(=O)NCC2CCN(CC(F)(F)F)CC2)cc1. The van der Waals surface area contributed by atoms with E-state index in [9.17, 15) is 22.8 Å². The summed E-state index contributed by atoms with van der Waals surface area (Å²) in [4.78, 5) is 25.1. The molecule has 2 rings (SSSR count). The normalized spacial score (nSPS) is 16.3. The average molecular weight is 371 g/mol. The topological polar surface area (TPSA) is 61.4 Å². The molecule has 0 saturated carbocycles. The van der Waals surface area contributed by atoms with Crippen LogP contribution in [0.25, 0.3) is 0 Å². The Balaban J connectivity index is 1.70. The molecule has 0 bridgehead atoms. The number of likely N-dealkylation sites (tertiary alicyclic amines) is 1. The van der Waals surface area contributed by atoms with Crippen LogP contribution in [0.2, 0.25) is 0 Å². The summed E-state index contributed by atoms with van der Waals surface area (Å²) in [6.07, 6.45) is -2.17. The number of amides is 2. The number of hydrogen-bond donors (Lipinski definition) is 2. The molecule has 0 spiro atoms. The first kappa shape index (κ1) is 20.2. The van der Waals surface area contributed by atoms with Crippen molar-refractivity contribution in [2.75, 3.05) is 31.5 Å². The molecule has 0 unspecified atom stereocenters. The monoisotopic (exact) mass is 371 g/mol. The van der Waals surface area contributed by atoms with Gasteiger partial charge in [-0.25, -0.2) is 0 Å². The van der Waals surface area contributed by atoms with E-state index in [1.807, 2.05) is 19.1 Å². The lowest BCUT2D eigenvalue weighted by atomic mass is 9.97. The van der Waals surface area contributed by atoms with Gasteiger partial charge in [-0.2, -0.15) is 13.2 Å². The van der Waals surface area contributed by atoms with Gasteiger partial charge in [0.05, 0.1) is 6.54 Å². The van der Waals surface area contributed by atoms with Crippen LogP contribution in [0.3, 0.4) is 0 Å². The summed E-state index contributed by atoms with van der Waals surface area (Å²) >= 11 is 0. The van der Waals surface area contributed by atoms with Crippen molar-refractivity contribution in [3.05, 3.63) is 29.8 Å². The molecular weight excluding hydrogens is 347 g/mol. The number of carbonyl (C=O) groups is 2. The molecule has 1 aromatic carbocycles. The molecule has 0 aliphatic carbocycles. The summed E-state index contributed by atoms with van der Waals surface area (Å²) in [6.45, 7) is 2.10. The Labute approximate surface area is 150 Å². The molecule has 0 aromatic heterocycles. The predicted octanol–water partition coefficient (Wildman–Crippen LogP) is 2.58. The summed E-state index contributed by atoms with van der Waals surface area (Å²) in [6, 6.07) is 7.23. The number of carbonyl (C=O) groups excluding carboxylic acids is 2. The van der Waals surface area contributed by atoms with Crippen LogP contribution in [-0.2, 0) is 16.0 Å². The second-order valence-corrected chi connectivity index (χ2v) is 6.55. The smallest absolute Gasteiger partial charge is 0.348 e. The van der Waals surface area contributed by atoms with Crippen molar-refractivity contribution in [1.82, 2.24) is 10.2 Å². The molecule has 1 aliphatic rings. The zero-order valence-electron chi connectivity index (χ0n) is 14.7. The highest BCUT2D eigenvalue weighted by atomic mass is 19.4. The van der Waals surface area contributed by atoms with Crippen molar-refractivity contribution in [1.29, 1.82) is 0 Å². The third kappa shape index (κ3) is 6.67. The molecule has 1 aliphatic heterocycles. The first-order valence-electron chi connectivity index (χ1n) is 8.74. The van der Waals surface area contributed by atoms with Crippen LogP contribution in [0.15, 0.2) is 24.3 Å². The molecule has 1 saturated heterocycles. The van der Waals surface area contributed by atoms with E-state index < -0.39 is 24.5 Å². The summed E-state index contributed by atoms with van der Waals surface area (Å²) in [7, 11) is 0. The molecule has 2 amide bonds. The van der Waals surface area contributed by atoms with Crippen molar-refractivity contribution in [2.45, 2.75) is 32.4 Å². The van der Waals surface area contributed by atoms with Gasteiger partial charge in [0, 0.05) is 12.2 Å². The Morgan fingerprint density at radius 1 is 1.12 bits per heavy atom. The number of nitrogens with zero attached hydrogens (tertiary/aromatic N) is 1. The number of alkyl halides is 3. The van der Waals surface area contributed by atoms with Gasteiger partial charge < -0.3 is 10.6 Å². The fourth-order valence-electron chi connectivity index (χ4n) is 2.93. The summed E-state index contributed by atoms with van der Waals surface area (Å²) in [5.41, 5.74) is 1.67. The van der Waals surface area contributed by atoms with Crippen molar-refractivity contribution in [3.8, 4) is 0 Å². The molecule has 2 N–H and O–H groups in total. The number of aryl methyl sites for hydroxylation is 1. The molecule has 5 nitrogen and oxygen atoms in total. The highest BCUT2D eigenvalue weighted by Gasteiger charge is 2.32. The summed E-state index contributed by atoms with van der Waals surface area (Å²) < 4.78 is 37.1. The molecule has 26 heavy (non-hydrogen) atoms. The standard InChI is InChI=1S/C18H24F3N3O2/c1-2-13-3-5-15(6-4-13)23-17(26)16(25)22-11-14-7-9-24(10-8-14)12-18(19,20)21/h3-6,14H,2,7-12H2,1H3,(H,22,25)(H,23,26). The van der Waals surface area contributed by atoms with Gasteiger partial charge in [0.2, 0.25) is 0 Å². The number of hydrogen-bond acceptors (Lipinski definition) is 3. The minimum absolute atomic E-state index is 0.0834. The van der Waals surface area contributed by atoms with Crippen molar-refractivity contribution < 1.29 is 22.8 Å². The van der Waals surface area contributed by atoms with Gasteiger partial charge in [-0.1, -0.05) is 19.1 Å². The van der Waals surface area contributed by atoms with Gasteiger partial charge in [0.25, 0.3) is 0 Å². The number of benzene rings is 1. The van der Waals surface area contributed by atoms with Crippen LogP contribution in [-0.4, -0.2) is 49.1 Å². The molecular formula is C18H24F3N3O2. The van der Waals surface area contributed by atoms with Crippen LogP contribution in [0, 0.1) is 5.92 Å². The molecule has 0 radical (unpaired) electrons. The highest BCUT2D eigenvalue weighted by Crippen LogP contribution is 2.22. The van der Waals surface area contributed by atoms with E-state index in [-0.39, 0.29) is 5.92 Å². The molecule has 8 heteroatoms. The number of piperidine rings is 1. The second-order valence-electron chi connectivity index (χ2n) is 6.55. The third-order valence-electron chi connectivity index (χ3n) is 4.49. The lowest BCUT2D eigenvalue weighted by Gasteiger charge is -2.32. The van der Waals surface area contributed by atoms with Gasteiger partial charge in [-0.15, -0.1) is 0 Å². The van der Waals surface area contributed by atoms with Crippen LogP contribution >= 0.6 is 0 Å². The lowest BCUT2D eigenvalue weighted by molar-refractivity contribution is -0.148. The maximum absolute atomic E-state index is 12.4. The summed E-state index contributed by atoms with van der Waals surface area (Å²) in [5, 5.41) is 5.10. The fourth-order valence-corrected chi connectivity index (χ4v) is 2.93. The van der Waals surface area contributed by atoms with E-state index in [0.29, 0.717) is 38.2 Å². The molecule has 0 atom stereocenters. The van der Waals surface area contributed by atoms with E-state index in [4.69, 9.17) is 0 Å². The van der Waals surface area contributed by atoms with Crippen molar-refractivity contribution in [2.24, 2.45) is 5.92 Å². The van der Waals surface area contributed by atoms with Crippen LogP contribution in [0.1, 0.15) is 25.3 Å². The van der Waals surface area contributed by atoms with Gasteiger partial charge in [-0.3, -0.25) is 14.5 Å². The minimum Gasteiger partial charge on any atom is -0.348 e. The maximum Gasteiger partial charge on any atom is 0.401 e. The predicted molar refractivity (Wildman–Crippen MR) is 92.7 cm³/mol. The lowest BCUT2D eigenvalue weighted by Crippen LogP contribution is -2.44. The Morgan fingerprint density at radius 3 is 2.27 bits per heavy atom. The largest absolute Gasteiger partial charge is 0.401 e. The van der Waals surface area contributed by atoms with E-state index in [0.717, 1.165) is 12.0 Å². The number of halogens is 3. The Bertz CT molecular complexity index is 609. The molecule has 1 heterocycles. The van der Waals surface area contributed by atoms with Crippen LogP contribution in [0.4, 0.5) is 18.9 Å². The van der Waals surface area contributed by atoms with E-state index >= 15 is 0 Å². The molecule has 1 fully saturated rings. The zero-order valence-corrected chi connectivity index (χ0v) is 14.7. The quantitative estimate of drug-likeness (QED) is 0.782. The maximum atomic E-state index is 12.4. The van der Waals surface area contributed by atoms with Crippen LogP contribution < -0.4 is 10.6 Å². The molecule has 1 aromatic rings. The van der Waals surface area contributed by atoms with Crippen molar-refractivity contribution >= 4 is 17.5 Å². The van der Waals surface area contributed by atoms with Gasteiger partial charge in [-0.05, 0) is 56.0 Å². The zero-order chi connectivity index (χ0) is 19.2. The van der Waals surface area contributed by atoms with Gasteiger partial charge >= 0.3 is 18.0 Å². The highest BCUT2D eigenvalue weighted by molar-refractivity contribution is 6.39. The third-order valence-corrected chi connectivity index (χ3v) is 4.49. The van der Waals surface area contributed by atoms with Crippen molar-refractivity contribution in [3.63, 3.8) is 0 Å². The fraction of sp³-hybridized carbons (Fsp3) is 0.556. The average Bonchev–Trinajstić information content (AvgIpc) is 2.60. The molecule has 144 valence electrons. The Hall–Kier alpha value is -2.09. The Morgan fingerprint density at radius 2 is 1.73 bits per heavy atom. The van der Waals surface area contributed by atoms with E-state index in [2.05, 4.69) is 10.6 Å². The van der Waals surface area contributed by atoms with Gasteiger partial charge in [0.1, 0.15) is 0 Å². The Kier molecular flexibility index (Phi) is 7.02. The first-order valence-corrected chi connectivity index (χ1v) is 8.74. The second kappa shape index (κ2) is 9.02. The van der Waals surface area contributed by atoms with E-state index in [1.165, 1.54) is 4.90 Å².